The SMILES string of the molecule is CC(C)(C)ON=C1CC(n2nncc2C(=O)OC(C)(C)C)C2(O)Oc3ccc(O)cc3C3C(CCCCO)C(CCCCO)C=C1C32. The molecule has 1 saturated carbocycles. The monoisotopic (exact) mass is 654 g/mol. The maximum Gasteiger partial charge on any atom is 0.358 e. The molecule has 0 saturated heterocycles. The van der Waals surface area contributed by atoms with E-state index in [1.807, 2.05) is 20.8 Å². The van der Waals surface area contributed by atoms with Crippen LogP contribution in [0.3, 0.4) is 0 Å². The van der Waals surface area contributed by atoms with Gasteiger partial charge in [-0.2, -0.15) is 0 Å². The summed E-state index contributed by atoms with van der Waals surface area (Å²) in [6.45, 7) is 11.2. The lowest BCUT2D eigenvalue weighted by atomic mass is 9.55. The van der Waals surface area contributed by atoms with Gasteiger partial charge in [0, 0.05) is 31.1 Å². The minimum absolute atomic E-state index is 0.00502. The Bertz CT molecular complexity index is 1490. The quantitative estimate of drug-likeness (QED) is 0.146. The number of carbonyl (C=O) groups excluding carboxylic acids is 1. The Labute approximate surface area is 276 Å². The zero-order valence-electron chi connectivity index (χ0n) is 28.3. The van der Waals surface area contributed by atoms with Gasteiger partial charge in [-0.3, -0.25) is 0 Å². The molecule has 1 aromatic heterocycles. The van der Waals surface area contributed by atoms with Crippen LogP contribution in [-0.4, -0.2) is 77.3 Å². The Morgan fingerprint density at radius 1 is 1.06 bits per heavy atom. The molecule has 0 amide bonds. The number of fused-ring (bicyclic) bond motifs is 2. The normalized spacial score (nSPS) is 27.8. The molecular formula is C35H50N4O8. The Hall–Kier alpha value is -3.48. The molecule has 3 aliphatic rings. The van der Waals surface area contributed by atoms with Crippen molar-refractivity contribution in [2.24, 2.45) is 22.9 Å². The maximum absolute atomic E-state index is 13.4. The first-order valence-electron chi connectivity index (χ1n) is 16.7. The summed E-state index contributed by atoms with van der Waals surface area (Å²) in [6.07, 6.45) is 8.04. The molecule has 0 bridgehead atoms. The van der Waals surface area contributed by atoms with Crippen molar-refractivity contribution in [1.82, 2.24) is 15.0 Å². The smallest absolute Gasteiger partial charge is 0.358 e. The molecule has 6 unspecified atom stereocenters. The number of phenolic OH excluding ortho intramolecular Hbond substituents is 1. The van der Waals surface area contributed by atoms with Gasteiger partial charge in [0.15, 0.2) is 5.69 Å². The molecule has 0 radical (unpaired) electrons. The third kappa shape index (κ3) is 7.34. The third-order valence-electron chi connectivity index (χ3n) is 9.17. The molecule has 0 spiro atoms. The van der Waals surface area contributed by atoms with E-state index in [0.29, 0.717) is 24.3 Å². The Balaban J connectivity index is 1.73. The number of rotatable bonds is 11. The molecule has 2 aliphatic carbocycles. The lowest BCUT2D eigenvalue weighted by Gasteiger charge is -2.56. The fourth-order valence-corrected chi connectivity index (χ4v) is 7.35. The van der Waals surface area contributed by atoms with Gasteiger partial charge in [-0.25, -0.2) is 9.48 Å². The summed E-state index contributed by atoms with van der Waals surface area (Å²) >= 11 is 0. The molecule has 47 heavy (non-hydrogen) atoms. The molecule has 5 rings (SSSR count). The Morgan fingerprint density at radius 2 is 1.77 bits per heavy atom. The average molecular weight is 655 g/mol. The van der Waals surface area contributed by atoms with E-state index in [1.165, 1.54) is 16.9 Å². The molecule has 2 heterocycles. The molecule has 1 fully saturated rings. The number of aliphatic hydroxyl groups excluding tert-OH is 2. The van der Waals surface area contributed by atoms with Crippen LogP contribution < -0.4 is 4.74 Å². The highest BCUT2D eigenvalue weighted by molar-refractivity contribution is 6.02. The third-order valence-corrected chi connectivity index (χ3v) is 9.17. The van der Waals surface area contributed by atoms with E-state index in [1.54, 1.807) is 32.9 Å². The van der Waals surface area contributed by atoms with Crippen molar-refractivity contribution < 1.29 is 39.5 Å². The van der Waals surface area contributed by atoms with E-state index in [2.05, 4.69) is 21.5 Å². The van der Waals surface area contributed by atoms with Crippen LogP contribution in [0.4, 0.5) is 0 Å². The van der Waals surface area contributed by atoms with Crippen molar-refractivity contribution in [1.29, 1.82) is 0 Å². The number of aromatic nitrogens is 3. The zero-order valence-corrected chi connectivity index (χ0v) is 28.3. The lowest BCUT2D eigenvalue weighted by Crippen LogP contribution is -2.62. The van der Waals surface area contributed by atoms with Crippen LogP contribution in [0.2, 0.25) is 0 Å². The van der Waals surface area contributed by atoms with Gasteiger partial charge in [-0.05, 0) is 103 Å². The van der Waals surface area contributed by atoms with Crippen molar-refractivity contribution >= 4 is 11.7 Å². The van der Waals surface area contributed by atoms with Gasteiger partial charge in [-0.15, -0.1) is 5.10 Å². The summed E-state index contributed by atoms with van der Waals surface area (Å²) in [5.74, 6) is -2.99. The average Bonchev–Trinajstić information content (AvgIpc) is 3.47. The first-order chi connectivity index (χ1) is 22.2. The summed E-state index contributed by atoms with van der Waals surface area (Å²) < 4.78 is 13.6. The fraction of sp³-hybridized carbons (Fsp3) is 0.657. The number of phenols is 1. The number of esters is 1. The van der Waals surface area contributed by atoms with Gasteiger partial charge >= 0.3 is 5.97 Å². The lowest BCUT2D eigenvalue weighted by molar-refractivity contribution is -0.225. The molecule has 258 valence electrons. The van der Waals surface area contributed by atoms with Gasteiger partial charge in [0.2, 0.25) is 5.79 Å². The number of hydrogen-bond acceptors (Lipinski definition) is 11. The van der Waals surface area contributed by atoms with E-state index in [4.69, 9.17) is 14.3 Å². The number of nitrogens with zero attached hydrogens (tertiary/aromatic N) is 4. The number of unbranched alkanes of at least 4 members (excludes halogenated alkanes) is 2. The number of carbonyl (C=O) groups is 1. The Morgan fingerprint density at radius 3 is 2.43 bits per heavy atom. The summed E-state index contributed by atoms with van der Waals surface area (Å²) in [5, 5.41) is 56.0. The van der Waals surface area contributed by atoms with Crippen molar-refractivity contribution in [3.8, 4) is 11.5 Å². The topological polar surface area (TPSA) is 169 Å². The molecule has 1 aliphatic heterocycles. The highest BCUT2D eigenvalue weighted by atomic mass is 16.6. The summed E-state index contributed by atoms with van der Waals surface area (Å²) in [7, 11) is 0. The van der Waals surface area contributed by atoms with Gasteiger partial charge in [0.25, 0.3) is 0 Å². The molecule has 6 atom stereocenters. The maximum atomic E-state index is 13.4. The van der Waals surface area contributed by atoms with Gasteiger partial charge in [-0.1, -0.05) is 29.3 Å². The van der Waals surface area contributed by atoms with Gasteiger partial charge in [0.05, 0.1) is 17.8 Å². The molecule has 12 nitrogen and oxygen atoms in total. The van der Waals surface area contributed by atoms with Gasteiger partial charge in [0.1, 0.15) is 28.7 Å². The summed E-state index contributed by atoms with van der Waals surface area (Å²) in [4.78, 5) is 19.4. The number of ether oxygens (including phenoxy) is 2. The van der Waals surface area contributed by atoms with Crippen LogP contribution in [0, 0.1) is 17.8 Å². The minimum Gasteiger partial charge on any atom is -0.508 e. The number of aliphatic hydroxyl groups is 3. The molecule has 4 N–H and O–H groups in total. The highest BCUT2D eigenvalue weighted by Gasteiger charge is 2.63. The molecule has 1 aromatic carbocycles. The summed E-state index contributed by atoms with van der Waals surface area (Å²) in [5.41, 5.74) is 0.850. The molecular weight excluding hydrogens is 604 g/mol. The second-order valence-corrected chi connectivity index (χ2v) is 15.0. The Kier molecular flexibility index (Phi) is 10.1. The van der Waals surface area contributed by atoms with Crippen LogP contribution >= 0.6 is 0 Å². The highest BCUT2D eigenvalue weighted by Crippen LogP contribution is 2.62. The van der Waals surface area contributed by atoms with Crippen LogP contribution in [0.5, 0.6) is 11.5 Å². The number of aromatic hydroxyl groups is 1. The minimum atomic E-state index is -1.91. The fourth-order valence-electron chi connectivity index (χ4n) is 7.35. The predicted octanol–water partition coefficient (Wildman–Crippen LogP) is 5.03. The number of allylic oxidation sites excluding steroid dienone is 1. The van der Waals surface area contributed by atoms with Crippen molar-refractivity contribution in [2.45, 2.75) is 115 Å². The van der Waals surface area contributed by atoms with Crippen molar-refractivity contribution in [2.75, 3.05) is 13.2 Å². The van der Waals surface area contributed by atoms with Crippen molar-refractivity contribution in [3.63, 3.8) is 0 Å². The zero-order chi connectivity index (χ0) is 34.1. The van der Waals surface area contributed by atoms with Crippen LogP contribution in [0.15, 0.2) is 41.2 Å². The summed E-state index contributed by atoms with van der Waals surface area (Å²) in [6, 6.07) is 3.96. The van der Waals surface area contributed by atoms with Gasteiger partial charge < -0.3 is 34.7 Å². The van der Waals surface area contributed by atoms with E-state index in [0.717, 1.165) is 36.8 Å². The second kappa shape index (κ2) is 13.6. The number of benzene rings is 1. The van der Waals surface area contributed by atoms with E-state index in [9.17, 15) is 25.2 Å². The predicted molar refractivity (Wildman–Crippen MR) is 174 cm³/mol. The first-order valence-corrected chi connectivity index (χ1v) is 16.7. The number of hydrogen-bond donors (Lipinski definition) is 4. The largest absolute Gasteiger partial charge is 0.508 e. The van der Waals surface area contributed by atoms with Crippen molar-refractivity contribution in [3.05, 3.63) is 47.3 Å². The van der Waals surface area contributed by atoms with Crippen LogP contribution in [0.25, 0.3) is 0 Å². The molecule has 2 aromatic rings. The standard InChI is InChI=1S/C35H50N4O8/c1-33(2,3)46-32(43)27-20-36-38-39(27)29-19-26(37-47-34(4,5)6)24-17-21(11-7-9-15-40)23(12-8-10-16-41)30-25-18-22(42)13-14-28(25)45-35(29,44)31(24)30/h13-14,17-18,20-21,23,29-31,40-42,44H,7-12,15-16,19H2,1-6H3. The number of oxime groups is 1. The molecule has 12 heteroatoms. The second-order valence-electron chi connectivity index (χ2n) is 15.0. The van der Waals surface area contributed by atoms with Crippen LogP contribution in [-0.2, 0) is 9.57 Å². The van der Waals surface area contributed by atoms with E-state index in [-0.39, 0.29) is 48.8 Å². The van der Waals surface area contributed by atoms with Crippen LogP contribution in [0.1, 0.15) is 114 Å². The van der Waals surface area contributed by atoms with E-state index < -0.39 is 34.9 Å². The van der Waals surface area contributed by atoms with E-state index >= 15 is 0 Å². The first kappa shape index (κ1) is 34.8.